The van der Waals surface area contributed by atoms with Crippen LogP contribution in [-0.4, -0.2) is 32.8 Å². The Bertz CT molecular complexity index is 675. The van der Waals surface area contributed by atoms with Crippen molar-refractivity contribution in [2.75, 3.05) is 6.61 Å². The summed E-state index contributed by atoms with van der Waals surface area (Å²) in [5.41, 5.74) is 0.966. The third kappa shape index (κ3) is 5.49. The van der Waals surface area contributed by atoms with E-state index in [-0.39, 0.29) is 19.0 Å². The SMILES string of the molecule is CCCn1nnnc1COC(=O)CCCOc1ccc(Cl)cc1C. The predicted octanol–water partition coefficient (Wildman–Crippen LogP) is 2.95. The molecule has 24 heavy (non-hydrogen) atoms. The van der Waals surface area contributed by atoms with E-state index in [9.17, 15) is 4.79 Å². The second kappa shape index (κ2) is 9.22. The number of tetrazole rings is 1. The summed E-state index contributed by atoms with van der Waals surface area (Å²) >= 11 is 5.90. The van der Waals surface area contributed by atoms with Gasteiger partial charge in [0.25, 0.3) is 0 Å². The summed E-state index contributed by atoms with van der Waals surface area (Å²) in [5.74, 6) is 1.03. The molecule has 0 fully saturated rings. The Kier molecular flexibility index (Phi) is 6.99. The number of hydrogen-bond acceptors (Lipinski definition) is 6. The van der Waals surface area contributed by atoms with Crippen LogP contribution in [0.1, 0.15) is 37.6 Å². The van der Waals surface area contributed by atoms with E-state index >= 15 is 0 Å². The van der Waals surface area contributed by atoms with Crippen molar-refractivity contribution in [3.8, 4) is 5.75 Å². The van der Waals surface area contributed by atoms with E-state index in [1.165, 1.54) is 0 Å². The van der Waals surface area contributed by atoms with E-state index < -0.39 is 0 Å². The van der Waals surface area contributed by atoms with E-state index in [4.69, 9.17) is 21.1 Å². The fourth-order valence-electron chi connectivity index (χ4n) is 2.10. The highest BCUT2D eigenvalue weighted by Crippen LogP contribution is 2.21. The van der Waals surface area contributed by atoms with Gasteiger partial charge in [0.05, 0.1) is 6.61 Å². The van der Waals surface area contributed by atoms with Gasteiger partial charge in [-0.15, -0.1) is 5.10 Å². The number of esters is 1. The molecule has 0 spiro atoms. The summed E-state index contributed by atoms with van der Waals surface area (Å²) < 4.78 is 12.5. The Morgan fingerprint density at radius 2 is 2.21 bits per heavy atom. The lowest BCUT2D eigenvalue weighted by Gasteiger charge is -2.09. The molecule has 2 aromatic rings. The maximum atomic E-state index is 11.8. The molecule has 0 aliphatic rings. The van der Waals surface area contributed by atoms with Crippen LogP contribution in [0.2, 0.25) is 5.02 Å². The van der Waals surface area contributed by atoms with E-state index in [0.717, 1.165) is 17.7 Å². The lowest BCUT2D eigenvalue weighted by Crippen LogP contribution is -2.11. The zero-order chi connectivity index (χ0) is 17.4. The third-order valence-corrected chi connectivity index (χ3v) is 3.56. The molecule has 1 aromatic carbocycles. The number of aromatic nitrogens is 4. The van der Waals surface area contributed by atoms with Gasteiger partial charge < -0.3 is 9.47 Å². The van der Waals surface area contributed by atoms with Crippen LogP contribution in [0.5, 0.6) is 5.75 Å². The first-order chi connectivity index (χ1) is 11.6. The van der Waals surface area contributed by atoms with Crippen LogP contribution in [0.25, 0.3) is 0 Å². The second-order valence-corrected chi connectivity index (χ2v) is 5.78. The summed E-state index contributed by atoms with van der Waals surface area (Å²) in [5, 5.41) is 12.0. The van der Waals surface area contributed by atoms with Gasteiger partial charge in [0, 0.05) is 18.0 Å². The van der Waals surface area contributed by atoms with Gasteiger partial charge >= 0.3 is 5.97 Å². The van der Waals surface area contributed by atoms with E-state index in [0.29, 0.717) is 30.4 Å². The molecular weight excluding hydrogens is 332 g/mol. The largest absolute Gasteiger partial charge is 0.493 e. The quantitative estimate of drug-likeness (QED) is 0.510. The third-order valence-electron chi connectivity index (χ3n) is 3.32. The van der Waals surface area contributed by atoms with Gasteiger partial charge in [0.1, 0.15) is 5.75 Å². The van der Waals surface area contributed by atoms with Crippen molar-refractivity contribution >= 4 is 17.6 Å². The van der Waals surface area contributed by atoms with Crippen molar-refractivity contribution in [3.05, 3.63) is 34.6 Å². The molecule has 0 aliphatic heterocycles. The predicted molar refractivity (Wildman–Crippen MR) is 88.8 cm³/mol. The summed E-state index contributed by atoms with van der Waals surface area (Å²) in [6.45, 7) is 5.18. The van der Waals surface area contributed by atoms with Crippen molar-refractivity contribution in [1.29, 1.82) is 0 Å². The van der Waals surface area contributed by atoms with Crippen molar-refractivity contribution < 1.29 is 14.3 Å². The lowest BCUT2D eigenvalue weighted by molar-refractivity contribution is -0.145. The molecule has 0 radical (unpaired) electrons. The smallest absolute Gasteiger partial charge is 0.306 e. The van der Waals surface area contributed by atoms with Crippen LogP contribution in [0.4, 0.5) is 0 Å². The highest BCUT2D eigenvalue weighted by atomic mass is 35.5. The minimum absolute atomic E-state index is 0.0863. The van der Waals surface area contributed by atoms with E-state index in [2.05, 4.69) is 15.5 Å². The van der Waals surface area contributed by atoms with E-state index in [1.807, 2.05) is 26.0 Å². The Morgan fingerprint density at radius 3 is 2.96 bits per heavy atom. The average molecular weight is 353 g/mol. The number of benzene rings is 1. The van der Waals surface area contributed by atoms with Gasteiger partial charge in [0.2, 0.25) is 0 Å². The van der Waals surface area contributed by atoms with Crippen LogP contribution in [-0.2, 0) is 22.7 Å². The van der Waals surface area contributed by atoms with Crippen LogP contribution in [0.15, 0.2) is 18.2 Å². The molecule has 130 valence electrons. The molecule has 0 bridgehead atoms. The molecule has 0 unspecified atom stereocenters. The standard InChI is InChI=1S/C16H21ClN4O3/c1-3-8-21-15(18-19-20-21)11-24-16(22)5-4-9-23-14-7-6-13(17)10-12(14)2/h6-7,10H,3-5,8-9,11H2,1-2H3. The van der Waals surface area contributed by atoms with Gasteiger partial charge in [-0.1, -0.05) is 18.5 Å². The molecule has 2 rings (SSSR count). The zero-order valence-electron chi connectivity index (χ0n) is 13.9. The first kappa shape index (κ1) is 18.2. The van der Waals surface area contributed by atoms with Crippen molar-refractivity contribution in [3.63, 3.8) is 0 Å². The fraction of sp³-hybridized carbons (Fsp3) is 0.500. The number of hydrogen-bond donors (Lipinski definition) is 0. The topological polar surface area (TPSA) is 79.1 Å². The molecule has 0 amide bonds. The summed E-state index contributed by atoms with van der Waals surface area (Å²) in [4.78, 5) is 11.8. The first-order valence-corrected chi connectivity index (χ1v) is 8.27. The summed E-state index contributed by atoms with van der Waals surface area (Å²) in [7, 11) is 0. The number of carbonyl (C=O) groups excluding carboxylic acids is 1. The molecule has 1 aromatic heterocycles. The molecule has 0 aliphatic carbocycles. The highest BCUT2D eigenvalue weighted by Gasteiger charge is 2.09. The fourth-order valence-corrected chi connectivity index (χ4v) is 2.33. The summed E-state index contributed by atoms with van der Waals surface area (Å²) in [6.07, 6.45) is 1.76. The molecule has 8 heteroatoms. The Balaban J connectivity index is 1.67. The minimum atomic E-state index is -0.294. The highest BCUT2D eigenvalue weighted by molar-refractivity contribution is 6.30. The number of nitrogens with zero attached hydrogens (tertiary/aromatic N) is 4. The number of aryl methyl sites for hydroxylation is 2. The molecule has 0 saturated carbocycles. The number of ether oxygens (including phenoxy) is 2. The second-order valence-electron chi connectivity index (χ2n) is 5.34. The van der Waals surface area contributed by atoms with Crippen molar-refractivity contribution in [2.24, 2.45) is 0 Å². The van der Waals surface area contributed by atoms with Crippen molar-refractivity contribution in [1.82, 2.24) is 20.2 Å². The molecule has 0 N–H and O–H groups in total. The molecule has 7 nitrogen and oxygen atoms in total. The monoisotopic (exact) mass is 352 g/mol. The molecule has 0 saturated heterocycles. The van der Waals surface area contributed by atoms with Crippen LogP contribution in [0.3, 0.4) is 0 Å². The number of rotatable bonds is 9. The van der Waals surface area contributed by atoms with Gasteiger partial charge in [0.15, 0.2) is 12.4 Å². The maximum Gasteiger partial charge on any atom is 0.306 e. The van der Waals surface area contributed by atoms with Crippen LogP contribution >= 0.6 is 11.6 Å². The van der Waals surface area contributed by atoms with Gasteiger partial charge in [-0.25, -0.2) is 4.68 Å². The molecule has 1 heterocycles. The average Bonchev–Trinajstić information content (AvgIpc) is 2.99. The Morgan fingerprint density at radius 1 is 1.38 bits per heavy atom. The lowest BCUT2D eigenvalue weighted by atomic mass is 10.2. The number of halogens is 1. The molecular formula is C16H21ClN4O3. The molecule has 0 atom stereocenters. The van der Waals surface area contributed by atoms with Crippen LogP contribution in [0, 0.1) is 6.92 Å². The van der Waals surface area contributed by atoms with Crippen LogP contribution < -0.4 is 4.74 Å². The normalized spacial score (nSPS) is 10.6. The number of carbonyl (C=O) groups is 1. The van der Waals surface area contributed by atoms with E-state index in [1.54, 1.807) is 10.7 Å². The van der Waals surface area contributed by atoms with Gasteiger partial charge in [-0.2, -0.15) is 0 Å². The minimum Gasteiger partial charge on any atom is -0.493 e. The zero-order valence-corrected chi connectivity index (χ0v) is 14.6. The Hall–Kier alpha value is -2.15. The van der Waals surface area contributed by atoms with Gasteiger partial charge in [-0.3, -0.25) is 4.79 Å². The van der Waals surface area contributed by atoms with Gasteiger partial charge in [-0.05, 0) is 54.0 Å². The van der Waals surface area contributed by atoms with Crippen molar-refractivity contribution in [2.45, 2.75) is 46.3 Å². The first-order valence-electron chi connectivity index (χ1n) is 7.89. The Labute approximate surface area is 145 Å². The summed E-state index contributed by atoms with van der Waals surface area (Å²) in [6, 6.07) is 5.44. The maximum absolute atomic E-state index is 11.8.